The van der Waals surface area contributed by atoms with E-state index in [1.165, 1.54) is 6.20 Å². The molecule has 0 aliphatic heterocycles. The second-order valence-corrected chi connectivity index (χ2v) is 4.97. The van der Waals surface area contributed by atoms with Crippen molar-refractivity contribution in [2.75, 3.05) is 19.8 Å². The predicted octanol–water partition coefficient (Wildman–Crippen LogP) is 0.738. The van der Waals surface area contributed by atoms with Gasteiger partial charge in [0.15, 0.2) is 14.7 Å². The van der Waals surface area contributed by atoms with Gasteiger partial charge in [-0.15, -0.1) is 0 Å². The molecule has 0 aromatic carbocycles. The highest BCUT2D eigenvalue weighted by Gasteiger charge is 2.16. The molecular weight excluding hydrogens is 188 g/mol. The van der Waals surface area contributed by atoms with E-state index in [2.05, 4.69) is 0 Å². The molecule has 0 saturated heterocycles. The maximum absolute atomic E-state index is 11.4. The molecular formula is C8H14N2O2S. The number of sulfone groups is 1. The van der Waals surface area contributed by atoms with Crippen molar-refractivity contribution >= 4 is 9.84 Å². The zero-order chi connectivity index (χ0) is 10.5. The first-order chi connectivity index (χ1) is 5.94. The Balaban J connectivity index is 4.92. The van der Waals surface area contributed by atoms with Crippen LogP contribution >= 0.6 is 0 Å². The van der Waals surface area contributed by atoms with E-state index in [0.717, 1.165) is 0 Å². The van der Waals surface area contributed by atoms with Crippen molar-refractivity contribution in [2.45, 2.75) is 13.3 Å². The number of nitrogens with zero attached hydrogens (tertiary/aromatic N) is 2. The first-order valence-corrected chi connectivity index (χ1v) is 5.60. The van der Waals surface area contributed by atoms with Crippen molar-refractivity contribution in [1.82, 2.24) is 4.90 Å². The number of hydrogen-bond acceptors (Lipinski definition) is 4. The summed E-state index contributed by atoms with van der Waals surface area (Å²) < 4.78 is 22.8. The second kappa shape index (κ2) is 4.87. The molecule has 0 aliphatic rings. The number of rotatable bonds is 4. The normalized spacial score (nSPS) is 12.3. The first-order valence-electron chi connectivity index (χ1n) is 3.95. The Labute approximate surface area is 79.4 Å². The van der Waals surface area contributed by atoms with Crippen LogP contribution in [0.4, 0.5) is 0 Å². The quantitative estimate of drug-likeness (QED) is 0.631. The van der Waals surface area contributed by atoms with Gasteiger partial charge in [0.05, 0.1) is 5.75 Å². The molecule has 0 atom stereocenters. The number of allylic oxidation sites excluding steroid dienone is 1. The summed E-state index contributed by atoms with van der Waals surface area (Å²) in [6, 6.07) is 1.69. The van der Waals surface area contributed by atoms with Gasteiger partial charge in [-0.05, 0) is 6.42 Å². The fourth-order valence-corrected chi connectivity index (χ4v) is 2.06. The van der Waals surface area contributed by atoms with Gasteiger partial charge >= 0.3 is 0 Å². The molecule has 13 heavy (non-hydrogen) atoms. The van der Waals surface area contributed by atoms with Crippen LogP contribution in [-0.4, -0.2) is 33.2 Å². The summed E-state index contributed by atoms with van der Waals surface area (Å²) in [5.74, 6) is 0.0280. The Morgan fingerprint density at radius 1 is 1.54 bits per heavy atom. The van der Waals surface area contributed by atoms with E-state index in [4.69, 9.17) is 5.26 Å². The van der Waals surface area contributed by atoms with E-state index in [0.29, 0.717) is 6.42 Å². The molecule has 0 saturated carbocycles. The molecule has 0 heterocycles. The molecule has 0 fully saturated rings. The SMILES string of the molecule is CCCS(=O)(=O)/C(C#N)=C\N(C)C. The number of nitriles is 1. The average molecular weight is 202 g/mol. The predicted molar refractivity (Wildman–Crippen MR) is 51.5 cm³/mol. The third kappa shape index (κ3) is 3.95. The van der Waals surface area contributed by atoms with Gasteiger partial charge in [0, 0.05) is 20.3 Å². The zero-order valence-corrected chi connectivity index (χ0v) is 8.93. The van der Waals surface area contributed by atoms with Crippen LogP contribution in [0, 0.1) is 11.3 Å². The van der Waals surface area contributed by atoms with Crippen molar-refractivity contribution in [3.8, 4) is 6.07 Å². The van der Waals surface area contributed by atoms with Crippen LogP contribution in [0.15, 0.2) is 11.1 Å². The summed E-state index contributed by atoms with van der Waals surface area (Å²) in [5.41, 5.74) is 0. The van der Waals surface area contributed by atoms with Crippen molar-refractivity contribution in [1.29, 1.82) is 5.26 Å². The Morgan fingerprint density at radius 3 is 2.38 bits per heavy atom. The monoisotopic (exact) mass is 202 g/mol. The topological polar surface area (TPSA) is 61.2 Å². The van der Waals surface area contributed by atoms with Crippen LogP contribution in [0.5, 0.6) is 0 Å². The fourth-order valence-electron chi connectivity index (χ4n) is 0.792. The van der Waals surface area contributed by atoms with Gasteiger partial charge in [-0.1, -0.05) is 6.92 Å². The Hall–Kier alpha value is -1.02. The molecule has 0 amide bonds. The minimum atomic E-state index is -3.36. The standard InChI is InChI=1S/C8H14N2O2S/c1-4-5-13(11,12)8(6-9)7-10(2)3/h7H,4-5H2,1-3H3/b8-7-. The summed E-state index contributed by atoms with van der Waals surface area (Å²) in [6.07, 6.45) is 1.85. The van der Waals surface area contributed by atoms with Gasteiger partial charge in [-0.2, -0.15) is 5.26 Å². The lowest BCUT2D eigenvalue weighted by Gasteiger charge is -2.06. The van der Waals surface area contributed by atoms with Gasteiger partial charge in [-0.25, -0.2) is 8.42 Å². The first kappa shape index (κ1) is 12.0. The molecule has 0 aliphatic carbocycles. The maximum Gasteiger partial charge on any atom is 0.189 e. The van der Waals surface area contributed by atoms with Crippen LogP contribution in [0.2, 0.25) is 0 Å². The molecule has 0 unspecified atom stereocenters. The van der Waals surface area contributed by atoms with Crippen LogP contribution in [0.1, 0.15) is 13.3 Å². The van der Waals surface area contributed by atoms with Gasteiger partial charge in [0.1, 0.15) is 6.07 Å². The van der Waals surface area contributed by atoms with E-state index in [1.54, 1.807) is 32.0 Å². The van der Waals surface area contributed by atoms with Crippen molar-refractivity contribution in [3.63, 3.8) is 0 Å². The van der Waals surface area contributed by atoms with Gasteiger partial charge < -0.3 is 4.90 Å². The van der Waals surface area contributed by atoms with E-state index >= 15 is 0 Å². The van der Waals surface area contributed by atoms with Gasteiger partial charge in [0.25, 0.3) is 0 Å². The lowest BCUT2D eigenvalue weighted by atomic mass is 10.6. The van der Waals surface area contributed by atoms with Crippen LogP contribution < -0.4 is 0 Å². The molecule has 5 heteroatoms. The van der Waals surface area contributed by atoms with Crippen molar-refractivity contribution in [3.05, 3.63) is 11.1 Å². The Kier molecular flexibility index (Phi) is 4.49. The second-order valence-electron chi connectivity index (χ2n) is 2.89. The van der Waals surface area contributed by atoms with E-state index in [-0.39, 0.29) is 10.7 Å². The average Bonchev–Trinajstić information content (AvgIpc) is 1.99. The highest BCUT2D eigenvalue weighted by atomic mass is 32.2. The van der Waals surface area contributed by atoms with E-state index in [1.807, 2.05) is 0 Å². The van der Waals surface area contributed by atoms with Gasteiger partial charge in [-0.3, -0.25) is 0 Å². The molecule has 0 aromatic heterocycles. The summed E-state index contributed by atoms with van der Waals surface area (Å²) in [4.78, 5) is 1.38. The van der Waals surface area contributed by atoms with Crippen LogP contribution in [0.3, 0.4) is 0 Å². The third-order valence-electron chi connectivity index (χ3n) is 1.29. The maximum atomic E-state index is 11.4. The molecule has 0 spiro atoms. The largest absolute Gasteiger partial charge is 0.382 e. The Bertz CT molecular complexity index is 323. The zero-order valence-electron chi connectivity index (χ0n) is 8.11. The number of hydrogen-bond donors (Lipinski definition) is 0. The molecule has 0 radical (unpaired) electrons. The van der Waals surface area contributed by atoms with Gasteiger partial charge in [0.2, 0.25) is 0 Å². The summed E-state index contributed by atoms with van der Waals surface area (Å²) >= 11 is 0. The summed E-state index contributed by atoms with van der Waals surface area (Å²) in [6.45, 7) is 1.77. The molecule has 0 rings (SSSR count). The van der Waals surface area contributed by atoms with Crippen LogP contribution in [-0.2, 0) is 9.84 Å². The third-order valence-corrected chi connectivity index (χ3v) is 3.11. The minimum Gasteiger partial charge on any atom is -0.382 e. The molecule has 0 N–H and O–H groups in total. The Morgan fingerprint density at radius 2 is 2.08 bits per heavy atom. The van der Waals surface area contributed by atoms with Crippen LogP contribution in [0.25, 0.3) is 0 Å². The van der Waals surface area contributed by atoms with Crippen molar-refractivity contribution < 1.29 is 8.42 Å². The fraction of sp³-hybridized carbons (Fsp3) is 0.625. The highest BCUT2D eigenvalue weighted by Crippen LogP contribution is 2.07. The smallest absolute Gasteiger partial charge is 0.189 e. The molecule has 74 valence electrons. The summed E-state index contributed by atoms with van der Waals surface area (Å²) in [5, 5.41) is 8.61. The highest BCUT2D eigenvalue weighted by molar-refractivity contribution is 7.95. The lowest BCUT2D eigenvalue weighted by Crippen LogP contribution is -2.11. The summed E-state index contributed by atoms with van der Waals surface area (Å²) in [7, 11) is -0.000495. The van der Waals surface area contributed by atoms with E-state index in [9.17, 15) is 8.42 Å². The van der Waals surface area contributed by atoms with Crippen molar-refractivity contribution in [2.24, 2.45) is 0 Å². The minimum absolute atomic E-state index is 0.0280. The lowest BCUT2D eigenvalue weighted by molar-refractivity contribution is 0.559. The molecule has 4 nitrogen and oxygen atoms in total. The molecule has 0 bridgehead atoms. The molecule has 0 aromatic rings. The van der Waals surface area contributed by atoms with E-state index < -0.39 is 9.84 Å².